The molecule has 0 amide bonds. The Balaban J connectivity index is 1.76. The van der Waals surface area contributed by atoms with Gasteiger partial charge in [-0.2, -0.15) is 4.98 Å². The Bertz CT molecular complexity index is 844. The molecule has 0 radical (unpaired) electrons. The Morgan fingerprint density at radius 3 is 2.23 bits per heavy atom. The Hall–Kier alpha value is -3.08. The van der Waals surface area contributed by atoms with Crippen LogP contribution in [0.5, 0.6) is 0 Å². The maximum atomic E-state index is 4.68. The summed E-state index contributed by atoms with van der Waals surface area (Å²) in [4.78, 5) is 13.4. The SMILES string of the molecule is Cc1cc(Nc2ccc(N(C)C)cc2)nc(N(C)Cc2ccccc2)n1. The molecule has 0 saturated carbocycles. The lowest BCUT2D eigenvalue weighted by molar-refractivity contribution is 0.861. The first-order valence-electron chi connectivity index (χ1n) is 8.66. The summed E-state index contributed by atoms with van der Waals surface area (Å²) < 4.78 is 0. The van der Waals surface area contributed by atoms with E-state index in [1.165, 1.54) is 5.56 Å². The Morgan fingerprint density at radius 1 is 0.885 bits per heavy atom. The van der Waals surface area contributed by atoms with Crippen molar-refractivity contribution in [3.8, 4) is 0 Å². The lowest BCUT2D eigenvalue weighted by atomic mass is 10.2. The smallest absolute Gasteiger partial charge is 0.227 e. The highest BCUT2D eigenvalue weighted by Gasteiger charge is 2.08. The normalized spacial score (nSPS) is 10.5. The average Bonchev–Trinajstić information content (AvgIpc) is 2.62. The summed E-state index contributed by atoms with van der Waals surface area (Å²) in [7, 11) is 6.08. The fourth-order valence-electron chi connectivity index (χ4n) is 2.71. The van der Waals surface area contributed by atoms with Crippen LogP contribution in [-0.2, 0) is 6.54 Å². The topological polar surface area (TPSA) is 44.3 Å². The van der Waals surface area contributed by atoms with Gasteiger partial charge in [0.2, 0.25) is 5.95 Å². The van der Waals surface area contributed by atoms with Crippen molar-refractivity contribution in [2.24, 2.45) is 0 Å². The molecule has 0 aliphatic carbocycles. The lowest BCUT2D eigenvalue weighted by Crippen LogP contribution is -2.19. The van der Waals surface area contributed by atoms with E-state index >= 15 is 0 Å². The van der Waals surface area contributed by atoms with Gasteiger partial charge in [-0.1, -0.05) is 30.3 Å². The van der Waals surface area contributed by atoms with Crippen LogP contribution in [0.3, 0.4) is 0 Å². The molecule has 26 heavy (non-hydrogen) atoms. The van der Waals surface area contributed by atoms with Crippen molar-refractivity contribution in [2.75, 3.05) is 36.3 Å². The molecule has 134 valence electrons. The molecular formula is C21H25N5. The van der Waals surface area contributed by atoms with Gasteiger partial charge in [0.1, 0.15) is 5.82 Å². The number of hydrogen-bond donors (Lipinski definition) is 1. The Morgan fingerprint density at radius 2 is 1.58 bits per heavy atom. The molecule has 3 rings (SSSR count). The molecule has 1 aromatic heterocycles. The second-order valence-corrected chi connectivity index (χ2v) is 6.60. The van der Waals surface area contributed by atoms with Crippen molar-refractivity contribution in [1.29, 1.82) is 0 Å². The van der Waals surface area contributed by atoms with Gasteiger partial charge in [0.15, 0.2) is 0 Å². The first kappa shape index (κ1) is 17.7. The second kappa shape index (κ2) is 7.87. The molecule has 5 nitrogen and oxygen atoms in total. The molecule has 2 aromatic carbocycles. The van der Waals surface area contributed by atoms with Gasteiger partial charge in [0.25, 0.3) is 0 Å². The molecule has 0 fully saturated rings. The third-order valence-electron chi connectivity index (χ3n) is 4.10. The summed E-state index contributed by atoms with van der Waals surface area (Å²) in [5.41, 5.74) is 4.33. The summed E-state index contributed by atoms with van der Waals surface area (Å²) in [6, 6.07) is 20.6. The van der Waals surface area contributed by atoms with Crippen LogP contribution >= 0.6 is 0 Å². The quantitative estimate of drug-likeness (QED) is 0.723. The number of benzene rings is 2. The van der Waals surface area contributed by atoms with Gasteiger partial charge in [0, 0.05) is 50.8 Å². The molecule has 0 saturated heterocycles. The van der Waals surface area contributed by atoms with E-state index in [1.54, 1.807) is 0 Å². The number of nitrogens with zero attached hydrogens (tertiary/aromatic N) is 4. The standard InChI is InChI=1S/C21H25N5/c1-16-14-20(23-18-10-12-19(13-11-18)25(2)3)24-21(22-16)26(4)15-17-8-6-5-7-9-17/h5-14H,15H2,1-4H3,(H,22,23,24). The highest BCUT2D eigenvalue weighted by atomic mass is 15.2. The maximum absolute atomic E-state index is 4.68. The van der Waals surface area contributed by atoms with E-state index in [2.05, 4.69) is 61.5 Å². The highest BCUT2D eigenvalue weighted by molar-refractivity contribution is 5.61. The van der Waals surface area contributed by atoms with Crippen LogP contribution in [0.15, 0.2) is 60.7 Å². The van der Waals surface area contributed by atoms with E-state index in [-0.39, 0.29) is 0 Å². The fraction of sp³-hybridized carbons (Fsp3) is 0.238. The minimum Gasteiger partial charge on any atom is -0.378 e. The first-order valence-corrected chi connectivity index (χ1v) is 8.66. The van der Waals surface area contributed by atoms with Crippen LogP contribution in [0, 0.1) is 6.92 Å². The van der Waals surface area contributed by atoms with Gasteiger partial charge < -0.3 is 15.1 Å². The lowest BCUT2D eigenvalue weighted by Gasteiger charge is -2.19. The van der Waals surface area contributed by atoms with Crippen LogP contribution in [0.1, 0.15) is 11.3 Å². The van der Waals surface area contributed by atoms with E-state index < -0.39 is 0 Å². The Kier molecular flexibility index (Phi) is 5.37. The molecule has 0 spiro atoms. The van der Waals surface area contributed by atoms with Crippen molar-refractivity contribution in [3.63, 3.8) is 0 Å². The molecule has 0 aliphatic rings. The summed E-state index contributed by atoms with van der Waals surface area (Å²) >= 11 is 0. The maximum Gasteiger partial charge on any atom is 0.227 e. The fourth-order valence-corrected chi connectivity index (χ4v) is 2.71. The second-order valence-electron chi connectivity index (χ2n) is 6.60. The number of hydrogen-bond acceptors (Lipinski definition) is 5. The van der Waals surface area contributed by atoms with Crippen molar-refractivity contribution in [2.45, 2.75) is 13.5 Å². The van der Waals surface area contributed by atoms with Gasteiger partial charge >= 0.3 is 0 Å². The third kappa shape index (κ3) is 4.51. The van der Waals surface area contributed by atoms with E-state index in [9.17, 15) is 0 Å². The van der Waals surface area contributed by atoms with Crippen molar-refractivity contribution < 1.29 is 0 Å². The van der Waals surface area contributed by atoms with Crippen LogP contribution < -0.4 is 15.1 Å². The molecule has 0 bridgehead atoms. The number of anilines is 4. The zero-order valence-electron chi connectivity index (χ0n) is 15.8. The molecular weight excluding hydrogens is 322 g/mol. The number of aryl methyl sites for hydroxylation is 1. The van der Waals surface area contributed by atoms with Gasteiger partial charge in [-0.15, -0.1) is 0 Å². The number of nitrogens with one attached hydrogen (secondary N) is 1. The molecule has 5 heteroatoms. The Labute approximate surface area is 155 Å². The number of rotatable bonds is 6. The number of aromatic nitrogens is 2. The molecule has 0 atom stereocenters. The zero-order valence-corrected chi connectivity index (χ0v) is 15.8. The van der Waals surface area contributed by atoms with E-state index in [0.29, 0.717) is 5.95 Å². The highest BCUT2D eigenvalue weighted by Crippen LogP contribution is 2.21. The van der Waals surface area contributed by atoms with Gasteiger partial charge in [-0.3, -0.25) is 0 Å². The van der Waals surface area contributed by atoms with Gasteiger partial charge in [0.05, 0.1) is 0 Å². The van der Waals surface area contributed by atoms with E-state index in [0.717, 1.165) is 29.4 Å². The average molecular weight is 347 g/mol. The summed E-state index contributed by atoms with van der Waals surface area (Å²) in [6.45, 7) is 2.75. The van der Waals surface area contributed by atoms with Crippen LogP contribution in [0.25, 0.3) is 0 Å². The monoisotopic (exact) mass is 347 g/mol. The van der Waals surface area contributed by atoms with E-state index in [4.69, 9.17) is 0 Å². The van der Waals surface area contributed by atoms with Crippen molar-refractivity contribution in [1.82, 2.24) is 9.97 Å². The van der Waals surface area contributed by atoms with Crippen molar-refractivity contribution >= 4 is 23.1 Å². The molecule has 1 heterocycles. The van der Waals surface area contributed by atoms with E-state index in [1.807, 2.05) is 52.3 Å². The van der Waals surface area contributed by atoms with Crippen LogP contribution in [-0.4, -0.2) is 31.1 Å². The van der Waals surface area contributed by atoms with Crippen LogP contribution in [0.4, 0.5) is 23.1 Å². The zero-order chi connectivity index (χ0) is 18.5. The minimum absolute atomic E-state index is 0.710. The molecule has 0 unspecified atom stereocenters. The molecule has 1 N–H and O–H groups in total. The predicted molar refractivity (Wildman–Crippen MR) is 109 cm³/mol. The molecule has 3 aromatic rings. The first-order chi connectivity index (χ1) is 12.5. The summed E-state index contributed by atoms with van der Waals surface area (Å²) in [5.74, 6) is 1.51. The molecule has 0 aliphatic heterocycles. The largest absolute Gasteiger partial charge is 0.378 e. The van der Waals surface area contributed by atoms with Crippen molar-refractivity contribution in [3.05, 3.63) is 71.9 Å². The van der Waals surface area contributed by atoms with Crippen LogP contribution in [0.2, 0.25) is 0 Å². The summed E-state index contributed by atoms with van der Waals surface area (Å²) in [5, 5.41) is 3.37. The predicted octanol–water partition coefficient (Wildman–Crippen LogP) is 4.23. The minimum atomic E-state index is 0.710. The van der Waals surface area contributed by atoms with Gasteiger partial charge in [-0.25, -0.2) is 4.98 Å². The third-order valence-corrected chi connectivity index (χ3v) is 4.10. The summed E-state index contributed by atoms with van der Waals surface area (Å²) in [6.07, 6.45) is 0. The van der Waals surface area contributed by atoms with Gasteiger partial charge in [-0.05, 0) is 36.8 Å².